The molecule has 164 valence electrons. The zero-order chi connectivity index (χ0) is 21.9. The third-order valence-corrected chi connectivity index (χ3v) is 4.84. The van der Waals surface area contributed by atoms with Gasteiger partial charge in [-0.15, -0.1) is 0 Å². The number of aromatic nitrogens is 4. The van der Waals surface area contributed by atoms with E-state index in [-0.39, 0.29) is 18.5 Å². The first kappa shape index (κ1) is 23.1. The minimum atomic E-state index is -0.250. The molecular weight excluding hydrogens is 386 g/mol. The number of carboxylic acid groups (broad SMARTS) is 1. The van der Waals surface area contributed by atoms with Crippen molar-refractivity contribution in [2.45, 2.75) is 46.2 Å². The van der Waals surface area contributed by atoms with E-state index in [1.165, 1.54) is 5.69 Å². The standard InChI is InChI=1S/C19H29N7O.CH2O2/c1-4-8-26-18(21-14-22-26)16(3)23-19(27)25-10-5-9-24(11-12-25)17-6-7-20-15(2)13-17;2-1-3/h6-7,13-14,16H,4-5,8-12H2,1-3H3,(H,23,27);1H,(H,2,3). The molecule has 0 bridgehead atoms. The predicted molar refractivity (Wildman–Crippen MR) is 113 cm³/mol. The van der Waals surface area contributed by atoms with Crippen LogP contribution in [0.15, 0.2) is 24.7 Å². The normalized spacial score (nSPS) is 14.9. The van der Waals surface area contributed by atoms with Crippen molar-refractivity contribution in [3.63, 3.8) is 0 Å². The van der Waals surface area contributed by atoms with Gasteiger partial charge < -0.3 is 20.2 Å². The van der Waals surface area contributed by atoms with Gasteiger partial charge in [-0.05, 0) is 38.8 Å². The summed E-state index contributed by atoms with van der Waals surface area (Å²) in [6, 6.07) is 3.92. The Morgan fingerprint density at radius 2 is 2.07 bits per heavy atom. The number of urea groups is 1. The highest BCUT2D eigenvalue weighted by molar-refractivity contribution is 5.74. The van der Waals surface area contributed by atoms with Crippen molar-refractivity contribution in [3.8, 4) is 0 Å². The summed E-state index contributed by atoms with van der Waals surface area (Å²) in [7, 11) is 0. The molecule has 2 amide bonds. The van der Waals surface area contributed by atoms with Crippen LogP contribution in [0.5, 0.6) is 0 Å². The van der Waals surface area contributed by atoms with Gasteiger partial charge in [-0.2, -0.15) is 5.10 Å². The van der Waals surface area contributed by atoms with Crippen LogP contribution in [0.4, 0.5) is 10.5 Å². The number of amides is 2. The van der Waals surface area contributed by atoms with Crippen LogP contribution in [0.2, 0.25) is 0 Å². The lowest BCUT2D eigenvalue weighted by Crippen LogP contribution is -2.43. The van der Waals surface area contributed by atoms with Crippen LogP contribution in [-0.4, -0.2) is 68.4 Å². The van der Waals surface area contributed by atoms with Crippen molar-refractivity contribution in [2.75, 3.05) is 31.1 Å². The van der Waals surface area contributed by atoms with Gasteiger partial charge >= 0.3 is 6.03 Å². The first-order valence-corrected chi connectivity index (χ1v) is 10.2. The Bertz CT molecular complexity index is 811. The van der Waals surface area contributed by atoms with Gasteiger partial charge in [-0.1, -0.05) is 6.92 Å². The van der Waals surface area contributed by atoms with Crippen LogP contribution in [0.1, 0.15) is 44.2 Å². The van der Waals surface area contributed by atoms with Gasteiger partial charge in [0.05, 0.1) is 6.04 Å². The summed E-state index contributed by atoms with van der Waals surface area (Å²) in [6.45, 7) is 9.81. The molecule has 3 heterocycles. The van der Waals surface area contributed by atoms with Crippen molar-refractivity contribution >= 4 is 18.2 Å². The summed E-state index contributed by atoms with van der Waals surface area (Å²) in [5, 5.41) is 14.2. The fourth-order valence-corrected chi connectivity index (χ4v) is 3.44. The molecule has 2 aromatic rings. The molecule has 1 aliphatic heterocycles. The van der Waals surface area contributed by atoms with Crippen LogP contribution in [0, 0.1) is 6.92 Å². The Kier molecular flexibility index (Phi) is 9.04. The van der Waals surface area contributed by atoms with E-state index >= 15 is 0 Å². The lowest BCUT2D eigenvalue weighted by atomic mass is 10.3. The molecule has 2 N–H and O–H groups in total. The van der Waals surface area contributed by atoms with Crippen molar-refractivity contribution in [2.24, 2.45) is 0 Å². The second kappa shape index (κ2) is 11.7. The molecular formula is C20H31N7O3. The first-order chi connectivity index (χ1) is 14.5. The monoisotopic (exact) mass is 417 g/mol. The van der Waals surface area contributed by atoms with E-state index in [2.05, 4.69) is 38.3 Å². The van der Waals surface area contributed by atoms with E-state index in [0.717, 1.165) is 50.5 Å². The number of hydrogen-bond acceptors (Lipinski definition) is 6. The molecule has 3 rings (SSSR count). The number of nitrogens with zero attached hydrogens (tertiary/aromatic N) is 6. The predicted octanol–water partition coefficient (Wildman–Crippen LogP) is 2.08. The molecule has 1 aliphatic rings. The highest BCUT2D eigenvalue weighted by Crippen LogP contribution is 2.17. The van der Waals surface area contributed by atoms with Crippen molar-refractivity contribution < 1.29 is 14.7 Å². The maximum Gasteiger partial charge on any atom is 0.318 e. The number of nitrogens with one attached hydrogen (secondary N) is 1. The molecule has 30 heavy (non-hydrogen) atoms. The second-order valence-electron chi connectivity index (χ2n) is 7.10. The van der Waals surface area contributed by atoms with Crippen molar-refractivity contribution in [1.29, 1.82) is 0 Å². The van der Waals surface area contributed by atoms with Gasteiger partial charge in [0.1, 0.15) is 12.2 Å². The molecule has 1 saturated heterocycles. The van der Waals surface area contributed by atoms with Crippen LogP contribution in [0.3, 0.4) is 0 Å². The van der Waals surface area contributed by atoms with E-state index in [0.29, 0.717) is 6.54 Å². The van der Waals surface area contributed by atoms with Crippen LogP contribution < -0.4 is 10.2 Å². The van der Waals surface area contributed by atoms with E-state index in [9.17, 15) is 4.79 Å². The average molecular weight is 418 g/mol. The highest BCUT2D eigenvalue weighted by Gasteiger charge is 2.22. The number of hydrogen-bond donors (Lipinski definition) is 2. The topological polar surface area (TPSA) is 116 Å². The Morgan fingerprint density at radius 1 is 1.30 bits per heavy atom. The fraction of sp³-hybridized carbons (Fsp3) is 0.550. The zero-order valence-corrected chi connectivity index (χ0v) is 17.9. The van der Waals surface area contributed by atoms with E-state index in [4.69, 9.17) is 9.90 Å². The minimum absolute atomic E-state index is 0.0405. The Morgan fingerprint density at radius 3 is 2.77 bits per heavy atom. The summed E-state index contributed by atoms with van der Waals surface area (Å²) in [6.07, 6.45) is 5.31. The maximum absolute atomic E-state index is 12.8. The third-order valence-electron chi connectivity index (χ3n) is 4.84. The number of aryl methyl sites for hydroxylation is 2. The SMILES string of the molecule is CCCn1ncnc1C(C)NC(=O)N1CCCN(c2ccnc(C)c2)CC1.O=CO. The number of pyridine rings is 1. The molecule has 10 nitrogen and oxygen atoms in total. The number of carbonyl (C=O) groups is 2. The van der Waals surface area contributed by atoms with Gasteiger partial charge in [0.15, 0.2) is 0 Å². The molecule has 10 heteroatoms. The minimum Gasteiger partial charge on any atom is -0.483 e. The summed E-state index contributed by atoms with van der Waals surface area (Å²) < 4.78 is 1.86. The molecule has 0 spiro atoms. The third kappa shape index (κ3) is 6.43. The van der Waals surface area contributed by atoms with E-state index in [1.807, 2.05) is 35.7 Å². The smallest absolute Gasteiger partial charge is 0.318 e. The molecule has 0 saturated carbocycles. The summed E-state index contributed by atoms with van der Waals surface area (Å²) in [4.78, 5) is 33.9. The highest BCUT2D eigenvalue weighted by atomic mass is 16.3. The molecule has 0 aliphatic carbocycles. The van der Waals surface area contributed by atoms with Gasteiger partial charge in [0.25, 0.3) is 6.47 Å². The zero-order valence-electron chi connectivity index (χ0n) is 17.9. The Labute approximate surface area is 176 Å². The lowest BCUT2D eigenvalue weighted by molar-refractivity contribution is -0.122. The lowest BCUT2D eigenvalue weighted by Gasteiger charge is -2.25. The Hall–Kier alpha value is -3.17. The molecule has 2 aromatic heterocycles. The van der Waals surface area contributed by atoms with Crippen molar-refractivity contribution in [3.05, 3.63) is 36.2 Å². The van der Waals surface area contributed by atoms with Crippen LogP contribution in [-0.2, 0) is 11.3 Å². The fourth-order valence-electron chi connectivity index (χ4n) is 3.44. The maximum atomic E-state index is 12.8. The average Bonchev–Trinajstić information content (AvgIpc) is 3.04. The Balaban J connectivity index is 0.00000101. The summed E-state index contributed by atoms with van der Waals surface area (Å²) in [5.41, 5.74) is 2.18. The van der Waals surface area contributed by atoms with Crippen LogP contribution >= 0.6 is 0 Å². The number of anilines is 1. The quantitative estimate of drug-likeness (QED) is 0.715. The van der Waals surface area contributed by atoms with Crippen LogP contribution in [0.25, 0.3) is 0 Å². The van der Waals surface area contributed by atoms with Crippen molar-refractivity contribution in [1.82, 2.24) is 30.0 Å². The van der Waals surface area contributed by atoms with Gasteiger partial charge in [0.2, 0.25) is 0 Å². The summed E-state index contributed by atoms with van der Waals surface area (Å²) in [5.74, 6) is 0.800. The molecule has 0 aromatic carbocycles. The second-order valence-corrected chi connectivity index (χ2v) is 7.10. The largest absolute Gasteiger partial charge is 0.483 e. The molecule has 1 unspecified atom stereocenters. The van der Waals surface area contributed by atoms with Gasteiger partial charge in [-0.3, -0.25) is 9.78 Å². The van der Waals surface area contributed by atoms with E-state index < -0.39 is 0 Å². The first-order valence-electron chi connectivity index (χ1n) is 10.2. The summed E-state index contributed by atoms with van der Waals surface area (Å²) >= 11 is 0. The van der Waals surface area contributed by atoms with E-state index in [1.54, 1.807) is 6.33 Å². The molecule has 0 radical (unpaired) electrons. The number of carbonyl (C=O) groups excluding carboxylic acids is 1. The number of rotatable bonds is 5. The van der Waals surface area contributed by atoms with Gasteiger partial charge in [-0.25, -0.2) is 14.5 Å². The van der Waals surface area contributed by atoms with Gasteiger partial charge in [0, 0.05) is 50.3 Å². The molecule has 1 fully saturated rings. The molecule has 1 atom stereocenters.